The first-order valence-corrected chi connectivity index (χ1v) is 8.43. The molecule has 0 aliphatic carbocycles. The number of amides is 1. The topological polar surface area (TPSA) is 64.6 Å². The van der Waals surface area contributed by atoms with Gasteiger partial charge in [0.05, 0.1) is 18.7 Å². The van der Waals surface area contributed by atoms with Gasteiger partial charge in [0.15, 0.2) is 0 Å². The molecular weight excluding hydrogens is 358 g/mol. The third-order valence-corrected chi connectivity index (χ3v) is 4.11. The van der Waals surface area contributed by atoms with Gasteiger partial charge >= 0.3 is 5.97 Å². The monoisotopic (exact) mass is 375 g/mol. The zero-order valence-electron chi connectivity index (χ0n) is 12.1. The lowest BCUT2D eigenvalue weighted by molar-refractivity contribution is -0.142. The lowest BCUT2D eigenvalue weighted by atomic mass is 10.1. The summed E-state index contributed by atoms with van der Waals surface area (Å²) in [7, 11) is 2.83. The summed E-state index contributed by atoms with van der Waals surface area (Å²) in [5, 5.41) is 2.69. The molecule has 1 amide bonds. The smallest absolute Gasteiger partial charge is 0.328 e. The van der Waals surface area contributed by atoms with E-state index < -0.39 is 12.0 Å². The van der Waals surface area contributed by atoms with E-state index in [1.165, 1.54) is 14.2 Å². The average Bonchev–Trinajstić information content (AvgIpc) is 2.50. The largest absolute Gasteiger partial charge is 0.496 e. The molecule has 0 radical (unpaired) electrons. The van der Waals surface area contributed by atoms with Crippen molar-refractivity contribution < 1.29 is 19.1 Å². The SMILES string of the molecule is COC(=O)C(CCSC)NC(=O)c1ccc(Br)c(OC)c1. The Bertz CT molecular complexity index is 510. The Hall–Kier alpha value is -1.21. The van der Waals surface area contributed by atoms with Crippen molar-refractivity contribution in [3.63, 3.8) is 0 Å². The molecule has 1 aromatic carbocycles. The van der Waals surface area contributed by atoms with Crippen LogP contribution >= 0.6 is 27.7 Å². The molecule has 1 N–H and O–H groups in total. The van der Waals surface area contributed by atoms with E-state index >= 15 is 0 Å². The number of esters is 1. The number of thioether (sulfide) groups is 1. The number of nitrogens with one attached hydrogen (secondary N) is 1. The van der Waals surface area contributed by atoms with Gasteiger partial charge in [-0.2, -0.15) is 11.8 Å². The predicted molar refractivity (Wildman–Crippen MR) is 87.0 cm³/mol. The maximum Gasteiger partial charge on any atom is 0.328 e. The lowest BCUT2D eigenvalue weighted by Gasteiger charge is -2.16. The van der Waals surface area contributed by atoms with Gasteiger partial charge in [-0.15, -0.1) is 0 Å². The first-order valence-electron chi connectivity index (χ1n) is 6.24. The summed E-state index contributed by atoms with van der Waals surface area (Å²) in [5.41, 5.74) is 0.424. The summed E-state index contributed by atoms with van der Waals surface area (Å²) < 4.78 is 10.6. The van der Waals surface area contributed by atoms with Crippen molar-refractivity contribution in [1.82, 2.24) is 5.32 Å². The van der Waals surface area contributed by atoms with Crippen LogP contribution in [0.5, 0.6) is 5.75 Å². The average molecular weight is 376 g/mol. The Labute approximate surface area is 136 Å². The number of carbonyl (C=O) groups excluding carboxylic acids is 2. The number of hydrogen-bond acceptors (Lipinski definition) is 5. The number of benzene rings is 1. The normalized spacial score (nSPS) is 11.6. The highest BCUT2D eigenvalue weighted by atomic mass is 79.9. The quantitative estimate of drug-likeness (QED) is 0.741. The minimum Gasteiger partial charge on any atom is -0.496 e. The molecule has 1 atom stereocenters. The van der Waals surface area contributed by atoms with Gasteiger partial charge in [0.25, 0.3) is 5.91 Å². The van der Waals surface area contributed by atoms with Crippen molar-refractivity contribution in [2.24, 2.45) is 0 Å². The molecule has 0 heterocycles. The number of ether oxygens (including phenoxy) is 2. The summed E-state index contributed by atoms with van der Waals surface area (Å²) >= 11 is 4.93. The van der Waals surface area contributed by atoms with E-state index in [0.29, 0.717) is 17.7 Å². The van der Waals surface area contributed by atoms with Gasteiger partial charge in [-0.25, -0.2) is 4.79 Å². The summed E-state index contributed by atoms with van der Waals surface area (Å²) in [6.45, 7) is 0. The Kier molecular flexibility index (Phi) is 7.60. The fourth-order valence-electron chi connectivity index (χ4n) is 1.67. The molecular formula is C14H18BrNO4S. The fraction of sp³-hybridized carbons (Fsp3) is 0.429. The number of carbonyl (C=O) groups is 2. The lowest BCUT2D eigenvalue weighted by Crippen LogP contribution is -2.41. The van der Waals surface area contributed by atoms with Crippen molar-refractivity contribution in [3.05, 3.63) is 28.2 Å². The second-order valence-corrected chi connectivity index (χ2v) is 6.02. The zero-order chi connectivity index (χ0) is 15.8. The van der Waals surface area contributed by atoms with Gasteiger partial charge in [-0.05, 0) is 52.6 Å². The van der Waals surface area contributed by atoms with E-state index in [-0.39, 0.29) is 5.91 Å². The minimum atomic E-state index is -0.649. The van der Waals surface area contributed by atoms with Crippen molar-refractivity contribution in [2.45, 2.75) is 12.5 Å². The fourth-order valence-corrected chi connectivity index (χ4v) is 2.55. The van der Waals surface area contributed by atoms with E-state index in [2.05, 4.69) is 21.2 Å². The van der Waals surface area contributed by atoms with E-state index in [0.717, 1.165) is 10.2 Å². The Morgan fingerprint density at radius 3 is 2.67 bits per heavy atom. The van der Waals surface area contributed by atoms with Gasteiger partial charge in [0.2, 0.25) is 0 Å². The molecule has 21 heavy (non-hydrogen) atoms. The third kappa shape index (κ3) is 5.24. The molecule has 0 saturated heterocycles. The number of hydrogen-bond donors (Lipinski definition) is 1. The molecule has 0 aliphatic heterocycles. The van der Waals surface area contributed by atoms with Crippen LogP contribution in [0.25, 0.3) is 0 Å². The zero-order valence-corrected chi connectivity index (χ0v) is 14.5. The molecule has 0 bridgehead atoms. The van der Waals surface area contributed by atoms with Crippen LogP contribution in [0.3, 0.4) is 0 Å². The van der Waals surface area contributed by atoms with Crippen LogP contribution in [0.1, 0.15) is 16.8 Å². The van der Waals surface area contributed by atoms with Gasteiger partial charge < -0.3 is 14.8 Å². The first-order chi connectivity index (χ1) is 10.0. The molecule has 0 aromatic heterocycles. The Morgan fingerprint density at radius 2 is 2.10 bits per heavy atom. The van der Waals surface area contributed by atoms with Gasteiger partial charge in [-0.3, -0.25) is 4.79 Å². The molecule has 1 aromatic rings. The highest BCUT2D eigenvalue weighted by molar-refractivity contribution is 9.10. The van der Waals surface area contributed by atoms with E-state index in [9.17, 15) is 9.59 Å². The van der Waals surface area contributed by atoms with Crippen molar-refractivity contribution >= 4 is 39.6 Å². The maximum atomic E-state index is 12.2. The minimum absolute atomic E-state index is 0.336. The summed E-state index contributed by atoms with van der Waals surface area (Å²) in [6, 6.07) is 4.35. The highest BCUT2D eigenvalue weighted by Gasteiger charge is 2.22. The summed E-state index contributed by atoms with van der Waals surface area (Å²) in [5.74, 6) is 0.532. The molecule has 0 fully saturated rings. The van der Waals surface area contributed by atoms with Gasteiger partial charge in [0.1, 0.15) is 11.8 Å². The van der Waals surface area contributed by atoms with E-state index in [1.54, 1.807) is 30.0 Å². The van der Waals surface area contributed by atoms with Crippen LogP contribution in [-0.2, 0) is 9.53 Å². The van der Waals surface area contributed by atoms with Crippen molar-refractivity contribution in [2.75, 3.05) is 26.2 Å². The predicted octanol–water partition coefficient (Wildman–Crippen LogP) is 2.48. The molecule has 1 unspecified atom stereocenters. The van der Waals surface area contributed by atoms with Crippen LogP contribution in [-0.4, -0.2) is 44.1 Å². The standard InChI is InChI=1S/C14H18BrNO4S/c1-19-12-8-9(4-5-10(12)15)13(17)16-11(6-7-21-3)14(18)20-2/h4-5,8,11H,6-7H2,1-3H3,(H,16,17). The number of methoxy groups -OCH3 is 2. The van der Waals surface area contributed by atoms with Crippen molar-refractivity contribution in [1.29, 1.82) is 0 Å². The number of halogens is 1. The maximum absolute atomic E-state index is 12.2. The van der Waals surface area contributed by atoms with Crippen LogP contribution in [0.15, 0.2) is 22.7 Å². The molecule has 116 valence electrons. The van der Waals surface area contributed by atoms with Crippen molar-refractivity contribution in [3.8, 4) is 5.75 Å². The molecule has 7 heteroatoms. The Morgan fingerprint density at radius 1 is 1.38 bits per heavy atom. The third-order valence-electron chi connectivity index (χ3n) is 2.81. The second kappa shape index (κ2) is 8.94. The molecule has 0 spiro atoms. The highest BCUT2D eigenvalue weighted by Crippen LogP contribution is 2.25. The molecule has 1 rings (SSSR count). The van der Waals surface area contributed by atoms with Crippen LogP contribution in [0.2, 0.25) is 0 Å². The van der Waals surface area contributed by atoms with Gasteiger partial charge in [0, 0.05) is 5.56 Å². The van der Waals surface area contributed by atoms with Crippen LogP contribution < -0.4 is 10.1 Å². The molecule has 0 saturated carbocycles. The Balaban J connectivity index is 2.83. The second-order valence-electron chi connectivity index (χ2n) is 4.18. The summed E-state index contributed by atoms with van der Waals surface area (Å²) in [4.78, 5) is 23.9. The number of rotatable bonds is 7. The molecule has 0 aliphatic rings. The van der Waals surface area contributed by atoms with E-state index in [1.807, 2.05) is 6.26 Å². The molecule has 5 nitrogen and oxygen atoms in total. The van der Waals surface area contributed by atoms with Crippen LogP contribution in [0, 0.1) is 0 Å². The summed E-state index contributed by atoms with van der Waals surface area (Å²) in [6.07, 6.45) is 2.46. The van der Waals surface area contributed by atoms with Crippen LogP contribution in [0.4, 0.5) is 0 Å². The van der Waals surface area contributed by atoms with Gasteiger partial charge in [-0.1, -0.05) is 0 Å². The van der Waals surface area contributed by atoms with E-state index in [4.69, 9.17) is 9.47 Å². The first kappa shape index (κ1) is 17.8.